The Balaban J connectivity index is 1.31. The van der Waals surface area contributed by atoms with Crippen LogP contribution >= 0.6 is 0 Å². The maximum absolute atomic E-state index is 12.8. The van der Waals surface area contributed by atoms with Gasteiger partial charge in [-0.15, -0.1) is 0 Å². The maximum Gasteiger partial charge on any atom is 0.416 e. The average Bonchev–Trinajstić information content (AvgIpc) is 2.80. The highest BCUT2D eigenvalue weighted by Crippen LogP contribution is 2.30. The molecule has 2 N–H and O–H groups in total. The van der Waals surface area contributed by atoms with E-state index < -0.39 is 17.8 Å². The fourth-order valence-corrected chi connectivity index (χ4v) is 3.29. The number of anilines is 4. The van der Waals surface area contributed by atoms with Crippen molar-refractivity contribution in [1.29, 1.82) is 0 Å². The smallest absolute Gasteiger partial charge is 0.353 e. The van der Waals surface area contributed by atoms with Gasteiger partial charge in [0.1, 0.15) is 5.82 Å². The van der Waals surface area contributed by atoms with Crippen LogP contribution in [0.2, 0.25) is 0 Å². The van der Waals surface area contributed by atoms with Gasteiger partial charge in [0.2, 0.25) is 5.95 Å². The minimum absolute atomic E-state index is 0.0284. The molecule has 0 aliphatic carbocycles. The molecule has 2 amide bonds. The van der Waals surface area contributed by atoms with Crippen LogP contribution < -0.4 is 20.4 Å². The molecule has 1 aliphatic rings. The topological polar surface area (TPSA) is 86.3 Å². The zero-order chi connectivity index (χ0) is 22.6. The van der Waals surface area contributed by atoms with Crippen molar-refractivity contribution in [3.05, 3.63) is 66.6 Å². The Labute approximate surface area is 182 Å². The molecular weight excluding hydrogens is 423 g/mol. The minimum Gasteiger partial charge on any atom is -0.353 e. The van der Waals surface area contributed by atoms with Crippen LogP contribution in [0.5, 0.6) is 0 Å². The number of hydrogen-bond donors (Lipinski definition) is 2. The number of benzene rings is 1. The Morgan fingerprint density at radius 1 is 0.844 bits per heavy atom. The van der Waals surface area contributed by atoms with E-state index in [4.69, 9.17) is 0 Å². The molecule has 3 aromatic rings. The molecule has 1 fully saturated rings. The van der Waals surface area contributed by atoms with Crippen molar-refractivity contribution in [3.63, 3.8) is 0 Å². The highest BCUT2D eigenvalue weighted by atomic mass is 19.4. The number of amides is 2. The lowest BCUT2D eigenvalue weighted by molar-refractivity contribution is -0.137. The van der Waals surface area contributed by atoms with Gasteiger partial charge in [0.15, 0.2) is 0 Å². The molecular formula is C21H20F3N7O. The maximum atomic E-state index is 12.8. The molecule has 11 heteroatoms. The first-order valence-corrected chi connectivity index (χ1v) is 9.87. The van der Waals surface area contributed by atoms with Gasteiger partial charge in [-0.3, -0.25) is 0 Å². The number of rotatable bonds is 4. The molecule has 0 radical (unpaired) electrons. The Kier molecular flexibility index (Phi) is 6.06. The van der Waals surface area contributed by atoms with Crippen LogP contribution in [0.4, 0.5) is 41.1 Å². The summed E-state index contributed by atoms with van der Waals surface area (Å²) in [4.78, 5) is 29.3. The van der Waals surface area contributed by atoms with E-state index in [0.717, 1.165) is 44.1 Å². The summed E-state index contributed by atoms with van der Waals surface area (Å²) in [6.45, 7) is 3.00. The summed E-state index contributed by atoms with van der Waals surface area (Å²) >= 11 is 0. The van der Waals surface area contributed by atoms with Crippen LogP contribution in [-0.2, 0) is 6.18 Å². The molecule has 8 nitrogen and oxygen atoms in total. The van der Waals surface area contributed by atoms with Gasteiger partial charge in [0, 0.05) is 38.1 Å². The Morgan fingerprint density at radius 3 is 2.19 bits per heavy atom. The first-order valence-electron chi connectivity index (χ1n) is 9.87. The summed E-state index contributed by atoms with van der Waals surface area (Å²) in [5, 5.41) is 4.89. The van der Waals surface area contributed by atoms with E-state index in [-0.39, 0.29) is 5.69 Å². The predicted octanol–water partition coefficient (Wildman–Crippen LogP) is 3.86. The van der Waals surface area contributed by atoms with Gasteiger partial charge in [0.05, 0.1) is 23.6 Å². The number of carbonyl (C=O) groups is 1. The first kappa shape index (κ1) is 21.3. The second kappa shape index (κ2) is 9.08. The van der Waals surface area contributed by atoms with Crippen molar-refractivity contribution in [2.75, 3.05) is 46.6 Å². The molecule has 0 saturated carbocycles. The summed E-state index contributed by atoms with van der Waals surface area (Å²) in [6, 6.07) is 9.51. The van der Waals surface area contributed by atoms with Gasteiger partial charge in [-0.25, -0.2) is 19.7 Å². The molecule has 0 bridgehead atoms. The number of hydrogen-bond acceptors (Lipinski definition) is 6. The molecule has 166 valence electrons. The van der Waals surface area contributed by atoms with Gasteiger partial charge >= 0.3 is 12.2 Å². The lowest BCUT2D eigenvalue weighted by Gasteiger charge is -2.35. The van der Waals surface area contributed by atoms with E-state index in [1.807, 2.05) is 23.1 Å². The zero-order valence-electron chi connectivity index (χ0n) is 16.9. The Bertz CT molecular complexity index is 1050. The van der Waals surface area contributed by atoms with Gasteiger partial charge in [0.25, 0.3) is 0 Å². The number of urea groups is 1. The van der Waals surface area contributed by atoms with Gasteiger partial charge in [-0.1, -0.05) is 12.1 Å². The first-order chi connectivity index (χ1) is 15.4. The highest BCUT2D eigenvalue weighted by Gasteiger charge is 2.30. The van der Waals surface area contributed by atoms with Crippen LogP contribution in [0, 0.1) is 0 Å². The van der Waals surface area contributed by atoms with Crippen LogP contribution in [0.15, 0.2) is 61.1 Å². The molecule has 1 saturated heterocycles. The SMILES string of the molecule is O=C(Nc1cnc(N2CCN(c3ccccn3)CC2)nc1)Nc1cccc(C(F)(F)F)c1. The average molecular weight is 443 g/mol. The normalized spacial score (nSPS) is 14.2. The summed E-state index contributed by atoms with van der Waals surface area (Å²) in [5.41, 5.74) is -0.489. The number of carbonyl (C=O) groups excluding carboxylic acids is 1. The van der Waals surface area contributed by atoms with E-state index >= 15 is 0 Å². The molecule has 1 aliphatic heterocycles. The van der Waals surface area contributed by atoms with Crippen molar-refractivity contribution in [2.24, 2.45) is 0 Å². The summed E-state index contributed by atoms with van der Waals surface area (Å²) in [6.07, 6.45) is 0.193. The van der Waals surface area contributed by atoms with Crippen LogP contribution in [0.3, 0.4) is 0 Å². The molecule has 3 heterocycles. The second-order valence-corrected chi connectivity index (χ2v) is 7.09. The molecule has 0 unspecified atom stereocenters. The quantitative estimate of drug-likeness (QED) is 0.637. The number of piperazine rings is 1. The third-order valence-corrected chi connectivity index (χ3v) is 4.88. The fourth-order valence-electron chi connectivity index (χ4n) is 3.29. The summed E-state index contributed by atoms with van der Waals surface area (Å²) in [7, 11) is 0. The van der Waals surface area contributed by atoms with E-state index in [0.29, 0.717) is 11.6 Å². The predicted molar refractivity (Wildman–Crippen MR) is 115 cm³/mol. The van der Waals surface area contributed by atoms with E-state index in [9.17, 15) is 18.0 Å². The third-order valence-electron chi connectivity index (χ3n) is 4.88. The zero-order valence-corrected chi connectivity index (χ0v) is 16.9. The Hall–Kier alpha value is -3.89. The van der Waals surface area contributed by atoms with Crippen molar-refractivity contribution < 1.29 is 18.0 Å². The molecule has 0 spiro atoms. The van der Waals surface area contributed by atoms with Crippen molar-refractivity contribution in [3.8, 4) is 0 Å². The molecule has 32 heavy (non-hydrogen) atoms. The summed E-state index contributed by atoms with van der Waals surface area (Å²) in [5.74, 6) is 1.47. The van der Waals surface area contributed by atoms with Crippen molar-refractivity contribution in [1.82, 2.24) is 15.0 Å². The molecule has 2 aromatic heterocycles. The summed E-state index contributed by atoms with van der Waals surface area (Å²) < 4.78 is 38.4. The van der Waals surface area contributed by atoms with Gasteiger partial charge in [-0.05, 0) is 30.3 Å². The van der Waals surface area contributed by atoms with Crippen molar-refractivity contribution in [2.45, 2.75) is 6.18 Å². The number of alkyl halides is 3. The lowest BCUT2D eigenvalue weighted by atomic mass is 10.2. The minimum atomic E-state index is -4.49. The largest absolute Gasteiger partial charge is 0.416 e. The van der Waals surface area contributed by atoms with Crippen LogP contribution in [0.1, 0.15) is 5.56 Å². The number of pyridine rings is 1. The van der Waals surface area contributed by atoms with E-state index in [2.05, 4.69) is 30.5 Å². The standard InChI is InChI=1S/C21H20F3N7O/c22-21(23,24)15-4-3-5-16(12-15)28-20(32)29-17-13-26-19(27-14-17)31-10-8-30(9-11-31)18-6-1-2-7-25-18/h1-7,12-14H,8-11H2,(H2,28,29,32). The van der Waals surface area contributed by atoms with Gasteiger partial charge in [-0.2, -0.15) is 13.2 Å². The monoisotopic (exact) mass is 443 g/mol. The van der Waals surface area contributed by atoms with E-state index in [1.165, 1.54) is 24.5 Å². The fraction of sp³-hybridized carbons (Fsp3) is 0.238. The lowest BCUT2D eigenvalue weighted by Crippen LogP contribution is -2.47. The number of halogens is 3. The molecule has 4 rings (SSSR count). The second-order valence-electron chi connectivity index (χ2n) is 7.09. The number of aromatic nitrogens is 3. The number of nitrogens with zero attached hydrogens (tertiary/aromatic N) is 5. The molecule has 0 atom stereocenters. The van der Waals surface area contributed by atoms with Crippen LogP contribution in [-0.4, -0.2) is 47.2 Å². The van der Waals surface area contributed by atoms with Gasteiger partial charge < -0.3 is 20.4 Å². The Morgan fingerprint density at radius 2 is 1.53 bits per heavy atom. The number of nitrogens with one attached hydrogen (secondary N) is 2. The van der Waals surface area contributed by atoms with Crippen molar-refractivity contribution >= 4 is 29.2 Å². The molecule has 1 aromatic carbocycles. The van der Waals surface area contributed by atoms with Crippen LogP contribution in [0.25, 0.3) is 0 Å². The third kappa shape index (κ3) is 5.23. The highest BCUT2D eigenvalue weighted by molar-refractivity contribution is 5.99. The van der Waals surface area contributed by atoms with E-state index in [1.54, 1.807) is 6.20 Å².